The highest BCUT2D eigenvalue weighted by atomic mass is 19.4. The van der Waals surface area contributed by atoms with E-state index in [2.05, 4.69) is 15.5 Å². The van der Waals surface area contributed by atoms with Crippen molar-refractivity contribution in [1.29, 1.82) is 0 Å². The Kier molecular flexibility index (Phi) is 6.38. The van der Waals surface area contributed by atoms with Crippen molar-refractivity contribution < 1.29 is 27.5 Å². The Morgan fingerprint density at radius 1 is 1.13 bits per heavy atom. The molecule has 1 aromatic heterocycles. The molecule has 1 aliphatic heterocycles. The molecule has 0 bridgehead atoms. The van der Waals surface area contributed by atoms with Gasteiger partial charge in [-0.2, -0.15) is 13.2 Å². The van der Waals surface area contributed by atoms with E-state index in [0.29, 0.717) is 31.7 Å². The lowest BCUT2D eigenvalue weighted by atomic mass is 10.1. The molecule has 2 heterocycles. The standard InChI is InChI=1S/C19H20F3N5O3/c20-19(21,22)13-3-1-2-4-15(13)30-12-7-9-27(10-8-12)17-6-5-14(25-26-17)18(29)24-11-16(23)28/h1-6,12H,7-11H2,(H2,23,28)(H,24,29). The maximum absolute atomic E-state index is 13.1. The van der Waals surface area contributed by atoms with Crippen molar-refractivity contribution in [3.05, 3.63) is 47.7 Å². The molecule has 1 aliphatic rings. The molecule has 3 rings (SSSR count). The minimum atomic E-state index is -4.47. The molecule has 1 aromatic carbocycles. The maximum atomic E-state index is 13.1. The zero-order valence-corrected chi connectivity index (χ0v) is 15.9. The Hall–Kier alpha value is -3.37. The summed E-state index contributed by atoms with van der Waals surface area (Å²) in [6.45, 7) is 0.731. The molecule has 2 aromatic rings. The van der Waals surface area contributed by atoms with Crippen LogP contribution in [-0.4, -0.2) is 47.7 Å². The van der Waals surface area contributed by atoms with Crippen molar-refractivity contribution in [3.63, 3.8) is 0 Å². The number of benzene rings is 1. The van der Waals surface area contributed by atoms with Crippen molar-refractivity contribution >= 4 is 17.6 Å². The zero-order valence-electron chi connectivity index (χ0n) is 15.9. The first kappa shape index (κ1) is 21.3. The largest absolute Gasteiger partial charge is 0.490 e. The minimum Gasteiger partial charge on any atom is -0.490 e. The van der Waals surface area contributed by atoms with Crippen LogP contribution in [0.3, 0.4) is 0 Å². The van der Waals surface area contributed by atoms with Gasteiger partial charge >= 0.3 is 6.18 Å². The number of ether oxygens (including phenoxy) is 1. The molecular formula is C19H20F3N5O3. The SMILES string of the molecule is NC(=O)CNC(=O)c1ccc(N2CCC(Oc3ccccc3C(F)(F)F)CC2)nn1. The van der Waals surface area contributed by atoms with Crippen molar-refractivity contribution in [1.82, 2.24) is 15.5 Å². The van der Waals surface area contributed by atoms with E-state index in [9.17, 15) is 22.8 Å². The molecule has 0 aliphatic carbocycles. The van der Waals surface area contributed by atoms with E-state index in [4.69, 9.17) is 10.5 Å². The first-order chi connectivity index (χ1) is 14.2. The van der Waals surface area contributed by atoms with Gasteiger partial charge in [0.15, 0.2) is 11.5 Å². The average molecular weight is 423 g/mol. The molecule has 0 unspecified atom stereocenters. The Labute approximate surface area is 170 Å². The maximum Gasteiger partial charge on any atom is 0.419 e. The predicted octanol–water partition coefficient (Wildman–Crippen LogP) is 1.76. The molecule has 1 saturated heterocycles. The fraction of sp³-hybridized carbons (Fsp3) is 0.368. The summed E-state index contributed by atoms with van der Waals surface area (Å²) in [4.78, 5) is 24.4. The van der Waals surface area contributed by atoms with Gasteiger partial charge in [-0.15, -0.1) is 10.2 Å². The quantitative estimate of drug-likeness (QED) is 0.733. The van der Waals surface area contributed by atoms with E-state index in [-0.39, 0.29) is 24.1 Å². The first-order valence-corrected chi connectivity index (χ1v) is 9.22. The van der Waals surface area contributed by atoms with Crippen LogP contribution in [0.5, 0.6) is 5.75 Å². The third kappa shape index (κ3) is 5.37. The molecule has 0 atom stereocenters. The fourth-order valence-corrected chi connectivity index (χ4v) is 3.06. The van der Waals surface area contributed by atoms with Crippen molar-refractivity contribution in [2.75, 3.05) is 24.5 Å². The number of rotatable bonds is 6. The Bertz CT molecular complexity index is 897. The number of anilines is 1. The molecule has 1 fully saturated rings. The van der Waals surface area contributed by atoms with E-state index in [0.717, 1.165) is 6.07 Å². The lowest BCUT2D eigenvalue weighted by molar-refractivity contribution is -0.139. The number of carbonyl (C=O) groups is 2. The molecule has 0 saturated carbocycles. The molecule has 0 radical (unpaired) electrons. The normalized spacial score (nSPS) is 15.0. The van der Waals surface area contributed by atoms with Gasteiger partial charge in [-0.25, -0.2) is 0 Å². The van der Waals surface area contributed by atoms with Gasteiger partial charge in [-0.05, 0) is 24.3 Å². The summed E-state index contributed by atoms with van der Waals surface area (Å²) >= 11 is 0. The number of aromatic nitrogens is 2. The summed E-state index contributed by atoms with van der Waals surface area (Å²) in [6, 6.07) is 8.25. The average Bonchev–Trinajstić information content (AvgIpc) is 2.72. The molecule has 0 spiro atoms. The van der Waals surface area contributed by atoms with Crippen LogP contribution in [0.15, 0.2) is 36.4 Å². The van der Waals surface area contributed by atoms with Crippen molar-refractivity contribution in [3.8, 4) is 5.75 Å². The number of primary amides is 1. The zero-order chi connectivity index (χ0) is 21.7. The molecule has 160 valence electrons. The Balaban J connectivity index is 1.56. The third-order valence-corrected chi connectivity index (χ3v) is 4.56. The van der Waals surface area contributed by atoms with Gasteiger partial charge in [0.1, 0.15) is 11.9 Å². The van der Waals surface area contributed by atoms with E-state index < -0.39 is 23.6 Å². The highest BCUT2D eigenvalue weighted by Crippen LogP contribution is 2.37. The number of halogens is 3. The fourth-order valence-electron chi connectivity index (χ4n) is 3.06. The van der Waals surface area contributed by atoms with Gasteiger partial charge in [0, 0.05) is 25.9 Å². The summed E-state index contributed by atoms with van der Waals surface area (Å²) < 4.78 is 44.9. The number of hydrogen-bond acceptors (Lipinski definition) is 6. The first-order valence-electron chi connectivity index (χ1n) is 9.22. The molecular weight excluding hydrogens is 403 g/mol. The van der Waals surface area contributed by atoms with Gasteiger partial charge in [0.05, 0.1) is 12.1 Å². The van der Waals surface area contributed by atoms with Gasteiger partial charge in [-0.3, -0.25) is 9.59 Å². The van der Waals surface area contributed by atoms with Crippen LogP contribution in [-0.2, 0) is 11.0 Å². The van der Waals surface area contributed by atoms with Gasteiger partial charge in [0.25, 0.3) is 5.91 Å². The second kappa shape index (κ2) is 8.97. The van der Waals surface area contributed by atoms with E-state index >= 15 is 0 Å². The van der Waals surface area contributed by atoms with Crippen LogP contribution in [0, 0.1) is 0 Å². The number of amides is 2. The van der Waals surface area contributed by atoms with E-state index in [1.165, 1.54) is 24.3 Å². The van der Waals surface area contributed by atoms with Gasteiger partial charge < -0.3 is 20.7 Å². The van der Waals surface area contributed by atoms with E-state index in [1.807, 2.05) is 4.90 Å². The van der Waals surface area contributed by atoms with Crippen LogP contribution in [0.1, 0.15) is 28.9 Å². The predicted molar refractivity (Wildman–Crippen MR) is 101 cm³/mol. The third-order valence-electron chi connectivity index (χ3n) is 4.56. The van der Waals surface area contributed by atoms with Crippen LogP contribution in [0.4, 0.5) is 19.0 Å². The van der Waals surface area contributed by atoms with Crippen molar-refractivity contribution in [2.45, 2.75) is 25.1 Å². The van der Waals surface area contributed by atoms with Gasteiger partial charge in [-0.1, -0.05) is 12.1 Å². The molecule has 3 N–H and O–H groups in total. The smallest absolute Gasteiger partial charge is 0.419 e. The summed E-state index contributed by atoms with van der Waals surface area (Å²) in [6.07, 6.45) is -3.81. The number of nitrogens with one attached hydrogen (secondary N) is 1. The monoisotopic (exact) mass is 423 g/mol. The second-order valence-corrected chi connectivity index (χ2v) is 6.72. The number of nitrogens with zero attached hydrogens (tertiary/aromatic N) is 3. The van der Waals surface area contributed by atoms with Crippen LogP contribution < -0.4 is 20.7 Å². The topological polar surface area (TPSA) is 110 Å². The number of para-hydroxylation sites is 1. The number of nitrogens with two attached hydrogens (primary N) is 1. The highest BCUT2D eigenvalue weighted by molar-refractivity contribution is 5.94. The Morgan fingerprint density at radius 3 is 2.43 bits per heavy atom. The Morgan fingerprint density at radius 2 is 1.83 bits per heavy atom. The number of piperidine rings is 1. The van der Waals surface area contributed by atoms with Crippen LogP contribution in [0.2, 0.25) is 0 Å². The second-order valence-electron chi connectivity index (χ2n) is 6.72. The van der Waals surface area contributed by atoms with E-state index in [1.54, 1.807) is 6.07 Å². The van der Waals surface area contributed by atoms with Crippen molar-refractivity contribution in [2.24, 2.45) is 5.73 Å². The summed E-state index contributed by atoms with van der Waals surface area (Å²) in [5.41, 5.74) is 4.22. The molecule has 11 heteroatoms. The summed E-state index contributed by atoms with van der Waals surface area (Å²) in [5, 5.41) is 10.2. The molecule has 2 amide bonds. The summed E-state index contributed by atoms with van der Waals surface area (Å²) in [5.74, 6) is -0.871. The number of carbonyl (C=O) groups excluding carboxylic acids is 2. The lowest BCUT2D eigenvalue weighted by Gasteiger charge is -2.33. The van der Waals surface area contributed by atoms with Crippen LogP contribution in [0.25, 0.3) is 0 Å². The molecule has 30 heavy (non-hydrogen) atoms. The minimum absolute atomic E-state index is 0.0435. The lowest BCUT2D eigenvalue weighted by Crippen LogP contribution is -2.39. The van der Waals surface area contributed by atoms with Crippen LogP contribution >= 0.6 is 0 Å². The van der Waals surface area contributed by atoms with Gasteiger partial charge in [0.2, 0.25) is 5.91 Å². The number of alkyl halides is 3. The summed E-state index contributed by atoms with van der Waals surface area (Å²) in [7, 11) is 0. The molecule has 8 nitrogen and oxygen atoms in total. The number of hydrogen-bond donors (Lipinski definition) is 2. The highest BCUT2D eigenvalue weighted by Gasteiger charge is 2.35.